The quantitative estimate of drug-likeness (QED) is 0.609. The van der Waals surface area contributed by atoms with Crippen molar-refractivity contribution in [2.45, 2.75) is 26.7 Å². The third-order valence-corrected chi connectivity index (χ3v) is 2.73. The van der Waals surface area contributed by atoms with Crippen molar-refractivity contribution in [3.63, 3.8) is 0 Å². The molecule has 0 aromatic carbocycles. The third-order valence-electron chi connectivity index (χ3n) is 2.73. The third kappa shape index (κ3) is 2.17. The van der Waals surface area contributed by atoms with Crippen molar-refractivity contribution >= 4 is 0 Å². The molecule has 0 atom stereocenters. The summed E-state index contributed by atoms with van der Waals surface area (Å²) in [7, 11) is 0. The first-order chi connectivity index (χ1) is 5.33. The fourth-order valence-corrected chi connectivity index (χ4v) is 1.52. The molecule has 2 nitrogen and oxygen atoms in total. The number of rotatable bonds is 5. The standard InChI is InChI=1S/C9H19NO/c1-3-9(7-10-8-9)5-6-11-4-2/h10H,3-8H2,1-2H3. The van der Waals surface area contributed by atoms with Gasteiger partial charge in [-0.2, -0.15) is 0 Å². The van der Waals surface area contributed by atoms with E-state index in [0.717, 1.165) is 13.2 Å². The van der Waals surface area contributed by atoms with Crippen LogP contribution in [-0.2, 0) is 4.74 Å². The van der Waals surface area contributed by atoms with Gasteiger partial charge >= 0.3 is 0 Å². The van der Waals surface area contributed by atoms with Gasteiger partial charge in [-0.3, -0.25) is 0 Å². The van der Waals surface area contributed by atoms with E-state index in [0.29, 0.717) is 5.41 Å². The number of hydrogen-bond donors (Lipinski definition) is 1. The van der Waals surface area contributed by atoms with Crippen LogP contribution in [0.2, 0.25) is 0 Å². The zero-order valence-corrected chi connectivity index (χ0v) is 7.65. The van der Waals surface area contributed by atoms with Crippen molar-refractivity contribution in [3.05, 3.63) is 0 Å². The van der Waals surface area contributed by atoms with Crippen LogP contribution in [0.1, 0.15) is 26.7 Å². The molecule has 0 aromatic heterocycles. The van der Waals surface area contributed by atoms with Crippen LogP contribution in [-0.4, -0.2) is 26.3 Å². The van der Waals surface area contributed by atoms with Crippen molar-refractivity contribution in [2.24, 2.45) is 5.41 Å². The van der Waals surface area contributed by atoms with E-state index in [1.54, 1.807) is 0 Å². The zero-order chi connectivity index (χ0) is 8.16. The lowest BCUT2D eigenvalue weighted by molar-refractivity contribution is 0.0685. The van der Waals surface area contributed by atoms with Gasteiger partial charge in [-0.1, -0.05) is 6.92 Å². The van der Waals surface area contributed by atoms with Gasteiger partial charge in [-0.05, 0) is 25.2 Å². The zero-order valence-electron chi connectivity index (χ0n) is 7.65. The molecule has 2 heteroatoms. The Labute approximate surface area is 69.3 Å². The van der Waals surface area contributed by atoms with Crippen molar-refractivity contribution in [3.8, 4) is 0 Å². The Hall–Kier alpha value is -0.0800. The molecule has 1 saturated heterocycles. The van der Waals surface area contributed by atoms with Crippen LogP contribution in [0.4, 0.5) is 0 Å². The average molecular weight is 157 g/mol. The highest BCUT2D eigenvalue weighted by molar-refractivity contribution is 4.90. The fourth-order valence-electron chi connectivity index (χ4n) is 1.52. The molecule has 0 unspecified atom stereocenters. The van der Waals surface area contributed by atoms with Gasteiger partial charge in [0.1, 0.15) is 0 Å². The normalized spacial score (nSPS) is 21.3. The number of nitrogens with one attached hydrogen (secondary N) is 1. The molecule has 0 amide bonds. The van der Waals surface area contributed by atoms with Crippen LogP contribution in [0, 0.1) is 5.41 Å². The molecule has 0 bridgehead atoms. The van der Waals surface area contributed by atoms with Gasteiger partial charge in [-0.25, -0.2) is 0 Å². The van der Waals surface area contributed by atoms with Crippen LogP contribution < -0.4 is 5.32 Å². The smallest absolute Gasteiger partial charge is 0.0472 e. The Morgan fingerprint density at radius 1 is 1.36 bits per heavy atom. The molecule has 0 aliphatic carbocycles. The Bertz CT molecular complexity index is 105. The molecule has 1 aliphatic heterocycles. The summed E-state index contributed by atoms with van der Waals surface area (Å²) in [6.07, 6.45) is 2.51. The summed E-state index contributed by atoms with van der Waals surface area (Å²) in [6, 6.07) is 0. The maximum Gasteiger partial charge on any atom is 0.0472 e. The molecule has 0 spiro atoms. The van der Waals surface area contributed by atoms with E-state index in [-0.39, 0.29) is 0 Å². The SMILES string of the molecule is CCOCCC1(CC)CNC1. The Balaban J connectivity index is 2.11. The lowest BCUT2D eigenvalue weighted by Crippen LogP contribution is -2.53. The van der Waals surface area contributed by atoms with Crippen molar-refractivity contribution < 1.29 is 4.74 Å². The molecule has 66 valence electrons. The molecule has 11 heavy (non-hydrogen) atoms. The van der Waals surface area contributed by atoms with Gasteiger partial charge in [0.25, 0.3) is 0 Å². The van der Waals surface area contributed by atoms with Crippen LogP contribution in [0.3, 0.4) is 0 Å². The Morgan fingerprint density at radius 2 is 2.09 bits per heavy atom. The van der Waals surface area contributed by atoms with Crippen LogP contribution in [0.15, 0.2) is 0 Å². The van der Waals surface area contributed by atoms with E-state index in [4.69, 9.17) is 4.74 Å². The van der Waals surface area contributed by atoms with E-state index < -0.39 is 0 Å². The minimum atomic E-state index is 0.579. The minimum absolute atomic E-state index is 0.579. The average Bonchev–Trinajstić information content (AvgIpc) is 1.95. The second-order valence-electron chi connectivity index (χ2n) is 3.40. The van der Waals surface area contributed by atoms with E-state index >= 15 is 0 Å². The Kier molecular flexibility index (Phi) is 3.34. The van der Waals surface area contributed by atoms with E-state index in [2.05, 4.69) is 19.2 Å². The monoisotopic (exact) mass is 157 g/mol. The van der Waals surface area contributed by atoms with Crippen molar-refractivity contribution in [2.75, 3.05) is 26.3 Å². The van der Waals surface area contributed by atoms with Gasteiger partial charge in [0.05, 0.1) is 0 Å². The fraction of sp³-hybridized carbons (Fsp3) is 1.00. The summed E-state index contributed by atoms with van der Waals surface area (Å²) in [4.78, 5) is 0. The molecule has 0 saturated carbocycles. The molecular formula is C9H19NO. The summed E-state index contributed by atoms with van der Waals surface area (Å²) < 4.78 is 5.34. The highest BCUT2D eigenvalue weighted by Crippen LogP contribution is 2.30. The first-order valence-electron chi connectivity index (χ1n) is 4.61. The first-order valence-corrected chi connectivity index (χ1v) is 4.61. The number of ether oxygens (including phenoxy) is 1. The largest absolute Gasteiger partial charge is 0.382 e. The molecule has 0 radical (unpaired) electrons. The van der Waals surface area contributed by atoms with Crippen molar-refractivity contribution in [1.29, 1.82) is 0 Å². The lowest BCUT2D eigenvalue weighted by Gasteiger charge is -2.42. The summed E-state index contributed by atoms with van der Waals surface area (Å²) in [5.74, 6) is 0. The minimum Gasteiger partial charge on any atom is -0.382 e. The molecule has 1 N–H and O–H groups in total. The molecule has 1 heterocycles. The van der Waals surface area contributed by atoms with Gasteiger partial charge in [-0.15, -0.1) is 0 Å². The van der Waals surface area contributed by atoms with Gasteiger partial charge in [0, 0.05) is 26.3 Å². The van der Waals surface area contributed by atoms with Crippen LogP contribution >= 0.6 is 0 Å². The van der Waals surface area contributed by atoms with Gasteiger partial charge in [0.2, 0.25) is 0 Å². The maximum absolute atomic E-state index is 5.34. The molecule has 1 aliphatic rings. The van der Waals surface area contributed by atoms with E-state index in [1.165, 1.54) is 25.9 Å². The predicted molar refractivity (Wildman–Crippen MR) is 46.7 cm³/mol. The molecule has 1 fully saturated rings. The summed E-state index contributed by atoms with van der Waals surface area (Å²) in [5.41, 5.74) is 0.579. The second kappa shape index (κ2) is 4.07. The van der Waals surface area contributed by atoms with Crippen LogP contribution in [0.5, 0.6) is 0 Å². The first kappa shape index (κ1) is 9.01. The lowest BCUT2D eigenvalue weighted by atomic mass is 9.76. The number of hydrogen-bond acceptors (Lipinski definition) is 2. The summed E-state index contributed by atoms with van der Waals surface area (Å²) in [5, 5.41) is 3.32. The Morgan fingerprint density at radius 3 is 2.45 bits per heavy atom. The van der Waals surface area contributed by atoms with E-state index in [1.807, 2.05) is 0 Å². The molecule has 1 rings (SSSR count). The van der Waals surface area contributed by atoms with E-state index in [9.17, 15) is 0 Å². The molecular weight excluding hydrogens is 138 g/mol. The highest BCUT2D eigenvalue weighted by Gasteiger charge is 2.34. The predicted octanol–water partition coefficient (Wildman–Crippen LogP) is 1.41. The summed E-state index contributed by atoms with van der Waals surface area (Å²) >= 11 is 0. The summed E-state index contributed by atoms with van der Waals surface area (Å²) in [6.45, 7) is 8.50. The van der Waals surface area contributed by atoms with Crippen LogP contribution in [0.25, 0.3) is 0 Å². The molecule has 0 aromatic rings. The maximum atomic E-state index is 5.34. The second-order valence-corrected chi connectivity index (χ2v) is 3.40. The van der Waals surface area contributed by atoms with Gasteiger partial charge in [0.15, 0.2) is 0 Å². The highest BCUT2D eigenvalue weighted by atomic mass is 16.5. The van der Waals surface area contributed by atoms with Crippen molar-refractivity contribution in [1.82, 2.24) is 5.32 Å². The van der Waals surface area contributed by atoms with Gasteiger partial charge < -0.3 is 10.1 Å². The topological polar surface area (TPSA) is 21.3 Å².